The van der Waals surface area contributed by atoms with Crippen molar-refractivity contribution < 1.29 is 9.53 Å². The Kier molecular flexibility index (Phi) is 4.12. The molecule has 0 amide bonds. The fourth-order valence-corrected chi connectivity index (χ4v) is 2.31. The molecule has 1 aliphatic rings. The van der Waals surface area contributed by atoms with Crippen LogP contribution in [-0.2, 0) is 0 Å². The number of fused-ring (bicyclic) bond motifs is 1. The van der Waals surface area contributed by atoms with Gasteiger partial charge in [-0.25, -0.2) is 0 Å². The third-order valence-corrected chi connectivity index (χ3v) is 3.19. The molecule has 2 rings (SSSR count). The largest absolute Gasteiger partial charge is 0.490 e. The van der Waals surface area contributed by atoms with Crippen LogP contribution in [0, 0.1) is 5.92 Å². The first-order valence-electron chi connectivity index (χ1n) is 6.22. The van der Waals surface area contributed by atoms with Crippen LogP contribution in [0.25, 0.3) is 0 Å². The third-order valence-electron chi connectivity index (χ3n) is 2.95. The molecule has 0 atom stereocenters. The fraction of sp³-hybridized carbons (Fsp3) is 0.500. The number of Topliss-reactive ketones (excluding diaryl/α,β-unsaturated/α-hetero) is 1. The highest BCUT2D eigenvalue weighted by molar-refractivity contribution is 6.30. The molecular formula is C14H18ClNO2. The summed E-state index contributed by atoms with van der Waals surface area (Å²) in [7, 11) is 0. The highest BCUT2D eigenvalue weighted by Gasteiger charge is 2.20. The predicted molar refractivity (Wildman–Crippen MR) is 74.0 cm³/mol. The molecule has 0 bridgehead atoms. The Morgan fingerprint density at radius 3 is 2.94 bits per heavy atom. The molecule has 0 saturated heterocycles. The van der Waals surface area contributed by atoms with E-state index in [0.717, 1.165) is 24.5 Å². The van der Waals surface area contributed by atoms with E-state index in [4.69, 9.17) is 16.3 Å². The Morgan fingerprint density at radius 2 is 2.28 bits per heavy atom. The molecule has 1 aliphatic heterocycles. The highest BCUT2D eigenvalue weighted by Crippen LogP contribution is 2.33. The van der Waals surface area contributed by atoms with Crippen molar-refractivity contribution in [2.75, 3.05) is 30.5 Å². The Labute approximate surface area is 113 Å². The minimum Gasteiger partial charge on any atom is -0.490 e. The van der Waals surface area contributed by atoms with Crippen LogP contribution >= 0.6 is 11.6 Å². The number of ether oxygens (including phenoxy) is 1. The number of hydrogen-bond acceptors (Lipinski definition) is 3. The van der Waals surface area contributed by atoms with Crippen molar-refractivity contribution in [3.8, 4) is 5.75 Å². The summed E-state index contributed by atoms with van der Waals surface area (Å²) in [5.74, 6) is 1.40. The topological polar surface area (TPSA) is 29.5 Å². The van der Waals surface area contributed by atoms with Gasteiger partial charge in [0.25, 0.3) is 0 Å². The second kappa shape index (κ2) is 5.61. The van der Waals surface area contributed by atoms with Gasteiger partial charge in [-0.3, -0.25) is 4.79 Å². The van der Waals surface area contributed by atoms with E-state index >= 15 is 0 Å². The Bertz CT molecular complexity index is 445. The van der Waals surface area contributed by atoms with Crippen LogP contribution in [0.4, 0.5) is 5.69 Å². The van der Waals surface area contributed by atoms with E-state index < -0.39 is 0 Å². The lowest BCUT2D eigenvalue weighted by atomic mass is 10.1. The van der Waals surface area contributed by atoms with Gasteiger partial charge in [0, 0.05) is 12.1 Å². The van der Waals surface area contributed by atoms with Crippen LogP contribution in [0.2, 0.25) is 0 Å². The van der Waals surface area contributed by atoms with Crippen molar-refractivity contribution in [2.45, 2.75) is 13.8 Å². The van der Waals surface area contributed by atoms with Gasteiger partial charge < -0.3 is 9.64 Å². The normalized spacial score (nSPS) is 14.3. The Hall–Kier alpha value is -1.22. The second-order valence-electron chi connectivity index (χ2n) is 4.93. The van der Waals surface area contributed by atoms with Gasteiger partial charge in [0.2, 0.25) is 0 Å². The molecule has 1 heterocycles. The molecule has 0 spiro atoms. The number of benzene rings is 1. The molecule has 1 aromatic carbocycles. The lowest BCUT2D eigenvalue weighted by molar-refractivity contribution is 0.102. The maximum absolute atomic E-state index is 11.6. The van der Waals surface area contributed by atoms with Gasteiger partial charge in [0.1, 0.15) is 12.4 Å². The summed E-state index contributed by atoms with van der Waals surface area (Å²) in [4.78, 5) is 13.9. The summed E-state index contributed by atoms with van der Waals surface area (Å²) in [6, 6.07) is 5.53. The average Bonchev–Trinajstić information content (AvgIpc) is 2.37. The first-order valence-corrected chi connectivity index (χ1v) is 6.76. The quantitative estimate of drug-likeness (QED) is 0.620. The van der Waals surface area contributed by atoms with Crippen molar-refractivity contribution in [1.29, 1.82) is 0 Å². The number of ketones is 1. The minimum absolute atomic E-state index is 0.0177. The van der Waals surface area contributed by atoms with Crippen LogP contribution in [0.3, 0.4) is 0 Å². The molecule has 1 aromatic rings. The van der Waals surface area contributed by atoms with Crippen LogP contribution in [0.1, 0.15) is 24.2 Å². The lowest BCUT2D eigenvalue weighted by Crippen LogP contribution is -2.35. The fourth-order valence-electron chi connectivity index (χ4n) is 2.15. The van der Waals surface area contributed by atoms with Gasteiger partial charge in [0.15, 0.2) is 5.78 Å². The molecule has 0 aliphatic carbocycles. The van der Waals surface area contributed by atoms with Gasteiger partial charge in [-0.05, 0) is 24.1 Å². The zero-order valence-electron chi connectivity index (χ0n) is 10.8. The maximum Gasteiger partial charge on any atom is 0.177 e. The van der Waals surface area contributed by atoms with Crippen LogP contribution in [-0.4, -0.2) is 31.4 Å². The van der Waals surface area contributed by atoms with Crippen molar-refractivity contribution in [3.05, 3.63) is 23.8 Å². The molecule has 4 heteroatoms. The smallest absolute Gasteiger partial charge is 0.177 e. The molecule has 0 unspecified atom stereocenters. The van der Waals surface area contributed by atoms with Gasteiger partial charge in [0.05, 0.1) is 18.1 Å². The summed E-state index contributed by atoms with van der Waals surface area (Å²) >= 11 is 5.60. The van der Waals surface area contributed by atoms with Gasteiger partial charge in [-0.1, -0.05) is 13.8 Å². The molecule has 0 N–H and O–H groups in total. The van der Waals surface area contributed by atoms with E-state index in [1.54, 1.807) is 6.07 Å². The van der Waals surface area contributed by atoms with Gasteiger partial charge in [-0.15, -0.1) is 11.6 Å². The van der Waals surface area contributed by atoms with Crippen LogP contribution in [0.15, 0.2) is 18.2 Å². The van der Waals surface area contributed by atoms with Gasteiger partial charge in [-0.2, -0.15) is 0 Å². The molecule has 0 fully saturated rings. The summed E-state index contributed by atoms with van der Waals surface area (Å²) in [6.07, 6.45) is 0. The van der Waals surface area contributed by atoms with Crippen molar-refractivity contribution in [3.63, 3.8) is 0 Å². The van der Waals surface area contributed by atoms with Crippen LogP contribution in [0.5, 0.6) is 5.75 Å². The molecule has 0 saturated carbocycles. The zero-order chi connectivity index (χ0) is 13.1. The number of halogens is 1. The molecule has 0 radical (unpaired) electrons. The van der Waals surface area contributed by atoms with E-state index in [1.165, 1.54) is 0 Å². The number of rotatable bonds is 4. The van der Waals surface area contributed by atoms with Crippen molar-refractivity contribution in [2.24, 2.45) is 5.92 Å². The number of alkyl halides is 1. The van der Waals surface area contributed by atoms with E-state index in [2.05, 4.69) is 18.7 Å². The average molecular weight is 268 g/mol. The monoisotopic (exact) mass is 267 g/mol. The number of carbonyl (C=O) groups excluding carboxylic acids is 1. The first kappa shape index (κ1) is 13.2. The minimum atomic E-state index is -0.0467. The summed E-state index contributed by atoms with van der Waals surface area (Å²) in [6.45, 7) is 6.90. The van der Waals surface area contributed by atoms with E-state index in [1.807, 2.05) is 12.1 Å². The SMILES string of the molecule is CC(C)CN1CCOc2ccc(C(=O)CCl)cc21. The first-order chi connectivity index (χ1) is 8.61. The van der Waals surface area contributed by atoms with Crippen LogP contribution < -0.4 is 9.64 Å². The highest BCUT2D eigenvalue weighted by atomic mass is 35.5. The number of anilines is 1. The molecular weight excluding hydrogens is 250 g/mol. The number of nitrogens with zero attached hydrogens (tertiary/aromatic N) is 1. The Balaban J connectivity index is 2.32. The summed E-state index contributed by atoms with van der Waals surface area (Å²) in [5, 5.41) is 0. The van der Waals surface area contributed by atoms with Crippen molar-refractivity contribution >= 4 is 23.1 Å². The van der Waals surface area contributed by atoms with E-state index in [9.17, 15) is 4.79 Å². The van der Waals surface area contributed by atoms with Gasteiger partial charge >= 0.3 is 0 Å². The zero-order valence-corrected chi connectivity index (χ0v) is 11.5. The van der Waals surface area contributed by atoms with E-state index in [-0.39, 0.29) is 11.7 Å². The standard InChI is InChI=1S/C14H18ClNO2/c1-10(2)9-16-5-6-18-14-4-3-11(7-12(14)16)13(17)8-15/h3-4,7,10H,5-6,8-9H2,1-2H3. The predicted octanol–water partition coefficient (Wildman–Crippen LogP) is 2.96. The number of carbonyl (C=O) groups is 1. The van der Waals surface area contributed by atoms with E-state index in [0.29, 0.717) is 18.1 Å². The molecule has 0 aromatic heterocycles. The molecule has 98 valence electrons. The molecule has 18 heavy (non-hydrogen) atoms. The maximum atomic E-state index is 11.6. The Morgan fingerprint density at radius 1 is 1.50 bits per heavy atom. The molecule has 3 nitrogen and oxygen atoms in total. The third kappa shape index (κ3) is 2.78. The van der Waals surface area contributed by atoms with Crippen molar-refractivity contribution in [1.82, 2.24) is 0 Å². The lowest BCUT2D eigenvalue weighted by Gasteiger charge is -2.32. The second-order valence-corrected chi connectivity index (χ2v) is 5.19. The summed E-state index contributed by atoms with van der Waals surface area (Å²) in [5.41, 5.74) is 1.66. The summed E-state index contributed by atoms with van der Waals surface area (Å²) < 4.78 is 5.62. The number of hydrogen-bond donors (Lipinski definition) is 0.